The number of para-hydroxylation sites is 1. The highest BCUT2D eigenvalue weighted by Crippen LogP contribution is 2.14. The summed E-state index contributed by atoms with van der Waals surface area (Å²) in [6, 6.07) is 14.1. The summed E-state index contributed by atoms with van der Waals surface area (Å²) < 4.78 is 29.4. The van der Waals surface area contributed by atoms with Crippen molar-refractivity contribution in [3.8, 4) is 0 Å². The number of rotatable bonds is 4. The first-order valence-electron chi connectivity index (χ1n) is 7.82. The molecule has 6 nitrogen and oxygen atoms in total. The van der Waals surface area contributed by atoms with Crippen molar-refractivity contribution in [2.24, 2.45) is 0 Å². The third-order valence-electron chi connectivity index (χ3n) is 3.83. The maximum Gasteiger partial charge on any atom is 0.351 e. The van der Waals surface area contributed by atoms with Crippen LogP contribution in [0.25, 0.3) is 5.78 Å². The van der Waals surface area contributed by atoms with Crippen LogP contribution in [0.4, 0.5) is 20.3 Å². The maximum absolute atomic E-state index is 13.8. The van der Waals surface area contributed by atoms with Gasteiger partial charge in [0.05, 0.1) is 6.54 Å². The molecule has 2 aromatic carbocycles. The van der Waals surface area contributed by atoms with Crippen LogP contribution in [0.2, 0.25) is 0 Å². The van der Waals surface area contributed by atoms with Gasteiger partial charge >= 0.3 is 5.69 Å². The van der Waals surface area contributed by atoms with Crippen molar-refractivity contribution in [3.05, 3.63) is 88.5 Å². The van der Waals surface area contributed by atoms with Gasteiger partial charge in [-0.1, -0.05) is 18.2 Å². The highest BCUT2D eigenvalue weighted by Gasteiger charge is 2.12. The molecule has 0 aliphatic carbocycles. The fraction of sp³-hybridized carbons (Fsp3) is 0.0556. The second-order valence-electron chi connectivity index (χ2n) is 5.65. The van der Waals surface area contributed by atoms with Gasteiger partial charge in [0.2, 0.25) is 0 Å². The zero-order valence-corrected chi connectivity index (χ0v) is 13.4. The molecule has 0 unspecified atom stereocenters. The van der Waals surface area contributed by atoms with E-state index in [1.165, 1.54) is 10.6 Å². The topological polar surface area (TPSA) is 64.2 Å². The van der Waals surface area contributed by atoms with Gasteiger partial charge in [0.1, 0.15) is 17.5 Å². The molecule has 2 heterocycles. The Morgan fingerprint density at radius 1 is 1.04 bits per heavy atom. The number of hydrogen-bond acceptors (Lipinski definition) is 4. The largest absolute Gasteiger partial charge is 0.351 e. The molecule has 0 fully saturated rings. The summed E-state index contributed by atoms with van der Waals surface area (Å²) in [6.07, 6.45) is 1.53. The fourth-order valence-corrected chi connectivity index (χ4v) is 2.57. The van der Waals surface area contributed by atoms with E-state index in [1.54, 1.807) is 6.07 Å². The minimum absolute atomic E-state index is 0.0399. The molecule has 1 N–H and O–H groups in total. The third-order valence-corrected chi connectivity index (χ3v) is 3.83. The van der Waals surface area contributed by atoms with Crippen LogP contribution in [0.3, 0.4) is 0 Å². The Kier molecular flexibility index (Phi) is 3.92. The molecular formula is C18H13F2N5O. The lowest BCUT2D eigenvalue weighted by molar-refractivity contribution is 0.561. The number of nitrogens with one attached hydrogen (secondary N) is 1. The van der Waals surface area contributed by atoms with Crippen molar-refractivity contribution >= 4 is 17.3 Å². The predicted octanol–water partition coefficient (Wildman–Crippen LogP) is 2.96. The molecule has 0 saturated heterocycles. The maximum atomic E-state index is 13.8. The van der Waals surface area contributed by atoms with Crippen LogP contribution in [0, 0.1) is 11.6 Å². The van der Waals surface area contributed by atoms with Gasteiger partial charge in [0.25, 0.3) is 5.78 Å². The van der Waals surface area contributed by atoms with E-state index < -0.39 is 17.3 Å². The molecule has 2 aromatic heterocycles. The highest BCUT2D eigenvalue weighted by molar-refractivity contribution is 5.56. The number of benzene rings is 2. The molecule has 0 spiro atoms. The lowest BCUT2D eigenvalue weighted by Crippen LogP contribution is -2.22. The molecule has 0 aliphatic rings. The van der Waals surface area contributed by atoms with Crippen LogP contribution in [-0.4, -0.2) is 19.2 Å². The normalized spacial score (nSPS) is 11.0. The van der Waals surface area contributed by atoms with Crippen LogP contribution in [-0.2, 0) is 6.54 Å². The molecule has 0 aliphatic heterocycles. The van der Waals surface area contributed by atoms with Crippen molar-refractivity contribution in [2.75, 3.05) is 5.32 Å². The van der Waals surface area contributed by atoms with Crippen molar-refractivity contribution in [2.45, 2.75) is 6.54 Å². The van der Waals surface area contributed by atoms with Crippen LogP contribution < -0.4 is 11.0 Å². The van der Waals surface area contributed by atoms with Crippen molar-refractivity contribution in [1.29, 1.82) is 0 Å². The van der Waals surface area contributed by atoms with E-state index in [9.17, 15) is 13.6 Å². The van der Waals surface area contributed by atoms with Gasteiger partial charge in [-0.2, -0.15) is 4.98 Å². The van der Waals surface area contributed by atoms with Gasteiger partial charge in [0.15, 0.2) is 0 Å². The highest BCUT2D eigenvalue weighted by atomic mass is 19.1. The summed E-state index contributed by atoms with van der Waals surface area (Å²) in [5.74, 6) is -0.508. The second-order valence-corrected chi connectivity index (χ2v) is 5.65. The molecule has 0 bridgehead atoms. The summed E-state index contributed by atoms with van der Waals surface area (Å²) >= 11 is 0. The molecule has 8 heteroatoms. The first-order chi connectivity index (χ1) is 12.6. The monoisotopic (exact) mass is 353 g/mol. The first-order valence-corrected chi connectivity index (χ1v) is 7.82. The van der Waals surface area contributed by atoms with Crippen molar-refractivity contribution < 1.29 is 8.78 Å². The van der Waals surface area contributed by atoms with E-state index in [0.29, 0.717) is 5.82 Å². The zero-order valence-electron chi connectivity index (χ0n) is 13.4. The van der Waals surface area contributed by atoms with Crippen LogP contribution >= 0.6 is 0 Å². The van der Waals surface area contributed by atoms with Gasteiger partial charge in [0, 0.05) is 17.4 Å². The van der Waals surface area contributed by atoms with Crippen molar-refractivity contribution in [3.63, 3.8) is 0 Å². The fourth-order valence-electron chi connectivity index (χ4n) is 2.57. The van der Waals surface area contributed by atoms with Gasteiger partial charge < -0.3 is 5.32 Å². The summed E-state index contributed by atoms with van der Waals surface area (Å²) in [7, 11) is 0. The Balaban J connectivity index is 1.68. The predicted molar refractivity (Wildman–Crippen MR) is 92.4 cm³/mol. The lowest BCUT2D eigenvalue weighted by atomic mass is 10.2. The van der Waals surface area contributed by atoms with E-state index in [2.05, 4.69) is 15.4 Å². The average Bonchev–Trinajstić information content (AvgIpc) is 2.94. The van der Waals surface area contributed by atoms with E-state index in [0.717, 1.165) is 28.6 Å². The third kappa shape index (κ3) is 3.04. The van der Waals surface area contributed by atoms with Gasteiger partial charge in [-0.15, -0.1) is 5.10 Å². The standard InChI is InChI=1S/C18H13F2N5O/c19-13-6-7-15(20)12(10-13)11-25-18(26)24-9-8-16(22-17(24)23-25)21-14-4-2-1-3-5-14/h1-10H,11H2,(H,21,22,23). The Morgan fingerprint density at radius 3 is 2.65 bits per heavy atom. The SMILES string of the molecule is O=c1n(Cc2cc(F)ccc2F)nc2nc(Nc3ccccc3)ccn12. The summed E-state index contributed by atoms with van der Waals surface area (Å²) in [5.41, 5.74) is 0.397. The lowest BCUT2D eigenvalue weighted by Gasteiger charge is -2.04. The molecular weight excluding hydrogens is 340 g/mol. The minimum atomic E-state index is -0.602. The molecule has 26 heavy (non-hydrogen) atoms. The Labute approximate surface area is 146 Å². The Bertz CT molecular complexity index is 1140. The van der Waals surface area contributed by atoms with E-state index >= 15 is 0 Å². The van der Waals surface area contributed by atoms with Crippen LogP contribution in [0.1, 0.15) is 5.56 Å². The smallest absolute Gasteiger partial charge is 0.340 e. The number of halogens is 2. The number of hydrogen-bond donors (Lipinski definition) is 1. The summed E-state index contributed by atoms with van der Waals surface area (Å²) in [4.78, 5) is 16.7. The minimum Gasteiger partial charge on any atom is -0.340 e. The van der Waals surface area contributed by atoms with E-state index in [-0.39, 0.29) is 17.9 Å². The van der Waals surface area contributed by atoms with Crippen LogP contribution in [0.15, 0.2) is 65.6 Å². The zero-order chi connectivity index (χ0) is 18.1. The van der Waals surface area contributed by atoms with Crippen LogP contribution in [0.5, 0.6) is 0 Å². The van der Waals surface area contributed by atoms with Gasteiger partial charge in [-0.25, -0.2) is 22.7 Å². The second kappa shape index (κ2) is 6.40. The van der Waals surface area contributed by atoms with Gasteiger partial charge in [-0.3, -0.25) is 0 Å². The quantitative estimate of drug-likeness (QED) is 0.613. The Morgan fingerprint density at radius 2 is 1.85 bits per heavy atom. The number of fused-ring (bicyclic) bond motifs is 1. The molecule has 0 atom stereocenters. The molecule has 130 valence electrons. The summed E-state index contributed by atoms with van der Waals surface area (Å²) in [6.45, 7) is -0.187. The van der Waals surface area contributed by atoms with Crippen molar-refractivity contribution in [1.82, 2.24) is 19.2 Å². The van der Waals surface area contributed by atoms with Gasteiger partial charge in [-0.05, 0) is 36.4 Å². The first kappa shape index (κ1) is 15.9. The van der Waals surface area contributed by atoms with E-state index in [1.807, 2.05) is 30.3 Å². The molecule has 4 rings (SSSR count). The molecule has 0 amide bonds. The molecule has 0 saturated carbocycles. The average molecular weight is 353 g/mol. The summed E-state index contributed by atoms with van der Waals surface area (Å²) in [5, 5.41) is 7.21. The number of nitrogens with zero attached hydrogens (tertiary/aromatic N) is 4. The Hall–Kier alpha value is -3.55. The molecule has 0 radical (unpaired) electrons. The molecule has 4 aromatic rings. The van der Waals surface area contributed by atoms with E-state index in [4.69, 9.17) is 0 Å². The number of aromatic nitrogens is 4. The number of anilines is 2.